The maximum Gasteiger partial charge on any atom is 0.274 e. The van der Waals surface area contributed by atoms with E-state index in [0.29, 0.717) is 25.5 Å². The van der Waals surface area contributed by atoms with Gasteiger partial charge in [-0.1, -0.05) is 12.1 Å². The number of hydrogen-bond donors (Lipinski definition) is 1. The number of aromatic nitrogens is 2. The molecule has 0 aromatic carbocycles. The molecule has 130 valence electrons. The van der Waals surface area contributed by atoms with E-state index in [-0.39, 0.29) is 11.9 Å². The van der Waals surface area contributed by atoms with Crippen LogP contribution in [0.5, 0.6) is 0 Å². The Morgan fingerprint density at radius 2 is 2.04 bits per heavy atom. The summed E-state index contributed by atoms with van der Waals surface area (Å²) < 4.78 is 5.47. The minimum atomic E-state index is -0.0145. The molecule has 1 aliphatic heterocycles. The number of rotatable bonds is 5. The third-order valence-corrected chi connectivity index (χ3v) is 6.15. The molecule has 0 atom stereocenters. The van der Waals surface area contributed by atoms with Crippen LogP contribution in [0.25, 0.3) is 10.6 Å². The second-order valence-corrected chi connectivity index (χ2v) is 7.98. The van der Waals surface area contributed by atoms with Crippen LogP contribution in [0, 0.1) is 0 Å². The average molecular weight is 374 g/mol. The zero-order valence-electron chi connectivity index (χ0n) is 13.7. The topological polar surface area (TPSA) is 58.2 Å². The van der Waals surface area contributed by atoms with E-state index in [1.165, 1.54) is 4.88 Å². The van der Waals surface area contributed by atoms with Crippen molar-refractivity contribution in [2.75, 3.05) is 13.2 Å². The van der Waals surface area contributed by atoms with Crippen molar-refractivity contribution in [3.8, 4) is 10.6 Å². The van der Waals surface area contributed by atoms with Crippen LogP contribution < -0.4 is 0 Å². The summed E-state index contributed by atoms with van der Waals surface area (Å²) in [6.07, 6.45) is 1.75. The first kappa shape index (κ1) is 16.5. The molecule has 4 heterocycles. The van der Waals surface area contributed by atoms with Crippen LogP contribution in [-0.4, -0.2) is 40.3 Å². The summed E-state index contributed by atoms with van der Waals surface area (Å²) in [7, 11) is 0. The highest BCUT2D eigenvalue weighted by molar-refractivity contribution is 7.13. The molecule has 3 aromatic heterocycles. The molecular weight excluding hydrogens is 354 g/mol. The Bertz CT molecular complexity index is 805. The molecule has 0 bridgehead atoms. The fourth-order valence-electron chi connectivity index (χ4n) is 3.07. The van der Waals surface area contributed by atoms with E-state index in [1.807, 2.05) is 39.9 Å². The number of carbonyl (C=O) groups is 1. The number of hydrogen-bond acceptors (Lipinski definition) is 5. The molecule has 5 nitrogen and oxygen atoms in total. The van der Waals surface area contributed by atoms with Crippen LogP contribution >= 0.6 is 22.7 Å². The third-order valence-electron chi connectivity index (χ3n) is 4.38. The maximum absolute atomic E-state index is 13.2. The van der Waals surface area contributed by atoms with Gasteiger partial charge in [0.1, 0.15) is 0 Å². The SMILES string of the molecule is O=C(c1cc(-c2cccs2)[nH]n1)N(Cc1cccs1)C1CCOCC1. The highest BCUT2D eigenvalue weighted by Crippen LogP contribution is 2.25. The maximum atomic E-state index is 13.2. The Morgan fingerprint density at radius 1 is 1.24 bits per heavy atom. The molecule has 0 unspecified atom stereocenters. The van der Waals surface area contributed by atoms with E-state index in [4.69, 9.17) is 4.74 Å². The minimum Gasteiger partial charge on any atom is -0.381 e. The van der Waals surface area contributed by atoms with E-state index in [0.717, 1.165) is 23.4 Å². The van der Waals surface area contributed by atoms with Crippen molar-refractivity contribution in [2.24, 2.45) is 0 Å². The average Bonchev–Trinajstić information content (AvgIpc) is 3.42. The van der Waals surface area contributed by atoms with Crippen molar-refractivity contribution in [3.63, 3.8) is 0 Å². The predicted molar refractivity (Wildman–Crippen MR) is 99.9 cm³/mol. The summed E-state index contributed by atoms with van der Waals surface area (Å²) in [4.78, 5) is 17.4. The van der Waals surface area contributed by atoms with Crippen molar-refractivity contribution >= 4 is 28.6 Å². The lowest BCUT2D eigenvalue weighted by Crippen LogP contribution is -2.43. The van der Waals surface area contributed by atoms with Gasteiger partial charge < -0.3 is 9.64 Å². The van der Waals surface area contributed by atoms with Crippen molar-refractivity contribution in [2.45, 2.75) is 25.4 Å². The number of carbonyl (C=O) groups excluding carboxylic acids is 1. The zero-order valence-corrected chi connectivity index (χ0v) is 15.3. The standard InChI is InChI=1S/C18H19N3O2S2/c22-18(16-11-15(19-20-16)17-4-2-10-25-17)21(12-14-3-1-9-24-14)13-5-7-23-8-6-13/h1-4,9-11,13H,5-8,12H2,(H,19,20). The molecule has 1 saturated heterocycles. The Labute approximate surface area is 154 Å². The summed E-state index contributed by atoms with van der Waals surface area (Å²) in [5.41, 5.74) is 1.37. The smallest absolute Gasteiger partial charge is 0.274 e. The Balaban J connectivity index is 1.58. The Hall–Kier alpha value is -1.96. The number of amides is 1. The van der Waals surface area contributed by atoms with Gasteiger partial charge in [0.2, 0.25) is 0 Å². The van der Waals surface area contributed by atoms with Gasteiger partial charge in [-0.2, -0.15) is 5.10 Å². The number of nitrogens with one attached hydrogen (secondary N) is 1. The monoisotopic (exact) mass is 373 g/mol. The fourth-order valence-corrected chi connectivity index (χ4v) is 4.47. The highest BCUT2D eigenvalue weighted by atomic mass is 32.1. The van der Waals surface area contributed by atoms with Gasteiger partial charge in [0.25, 0.3) is 5.91 Å². The molecule has 1 fully saturated rings. The molecular formula is C18H19N3O2S2. The van der Waals surface area contributed by atoms with Crippen molar-refractivity contribution in [1.82, 2.24) is 15.1 Å². The second kappa shape index (κ2) is 7.51. The minimum absolute atomic E-state index is 0.0145. The van der Waals surface area contributed by atoms with Crippen LogP contribution in [0.3, 0.4) is 0 Å². The van der Waals surface area contributed by atoms with Crippen molar-refractivity contribution < 1.29 is 9.53 Å². The summed E-state index contributed by atoms with van der Waals surface area (Å²) >= 11 is 3.31. The first-order valence-corrected chi connectivity index (χ1v) is 10.1. The molecule has 1 amide bonds. The lowest BCUT2D eigenvalue weighted by molar-refractivity contribution is 0.0266. The van der Waals surface area contributed by atoms with Crippen LogP contribution in [-0.2, 0) is 11.3 Å². The lowest BCUT2D eigenvalue weighted by Gasteiger charge is -2.33. The molecule has 0 spiro atoms. The number of thiophene rings is 2. The van der Waals surface area contributed by atoms with Gasteiger partial charge in [0, 0.05) is 24.1 Å². The first-order chi connectivity index (χ1) is 12.3. The van der Waals surface area contributed by atoms with Gasteiger partial charge in [-0.15, -0.1) is 22.7 Å². The van der Waals surface area contributed by atoms with Gasteiger partial charge in [0.15, 0.2) is 5.69 Å². The molecule has 25 heavy (non-hydrogen) atoms. The quantitative estimate of drug-likeness (QED) is 0.735. The zero-order chi connectivity index (χ0) is 17.1. The normalized spacial score (nSPS) is 15.4. The molecule has 7 heteroatoms. The largest absolute Gasteiger partial charge is 0.381 e. The summed E-state index contributed by atoms with van der Waals surface area (Å²) in [6.45, 7) is 2.04. The van der Waals surface area contributed by atoms with Gasteiger partial charge in [-0.05, 0) is 41.8 Å². The van der Waals surface area contributed by atoms with E-state index < -0.39 is 0 Å². The molecule has 1 aliphatic rings. The molecule has 0 saturated carbocycles. The van der Waals surface area contributed by atoms with E-state index in [1.54, 1.807) is 22.7 Å². The van der Waals surface area contributed by atoms with Crippen LogP contribution in [0.15, 0.2) is 41.1 Å². The number of aromatic amines is 1. The fraction of sp³-hybridized carbons (Fsp3) is 0.333. The number of ether oxygens (including phenoxy) is 1. The Kier molecular flexibility index (Phi) is 4.96. The molecule has 0 aliphatic carbocycles. The molecule has 0 radical (unpaired) electrons. The molecule has 4 rings (SSSR count). The van der Waals surface area contributed by atoms with Gasteiger partial charge in [-0.3, -0.25) is 9.89 Å². The summed E-state index contributed by atoms with van der Waals surface area (Å²) in [6, 6.07) is 10.2. The number of nitrogens with zero attached hydrogens (tertiary/aromatic N) is 2. The van der Waals surface area contributed by atoms with Crippen LogP contribution in [0.2, 0.25) is 0 Å². The van der Waals surface area contributed by atoms with Crippen LogP contribution in [0.1, 0.15) is 28.2 Å². The van der Waals surface area contributed by atoms with E-state index in [2.05, 4.69) is 16.3 Å². The lowest BCUT2D eigenvalue weighted by atomic mass is 10.1. The van der Waals surface area contributed by atoms with Crippen LogP contribution in [0.4, 0.5) is 0 Å². The van der Waals surface area contributed by atoms with Crippen molar-refractivity contribution in [3.05, 3.63) is 51.7 Å². The summed E-state index contributed by atoms with van der Waals surface area (Å²) in [5, 5.41) is 11.3. The molecule has 1 N–H and O–H groups in total. The first-order valence-electron chi connectivity index (χ1n) is 8.31. The van der Waals surface area contributed by atoms with Gasteiger partial charge >= 0.3 is 0 Å². The van der Waals surface area contributed by atoms with E-state index in [9.17, 15) is 4.79 Å². The third kappa shape index (κ3) is 3.68. The molecule has 3 aromatic rings. The van der Waals surface area contributed by atoms with Gasteiger partial charge in [0.05, 0.1) is 17.1 Å². The highest BCUT2D eigenvalue weighted by Gasteiger charge is 2.28. The van der Waals surface area contributed by atoms with E-state index >= 15 is 0 Å². The number of H-pyrrole nitrogens is 1. The van der Waals surface area contributed by atoms with Gasteiger partial charge in [-0.25, -0.2) is 0 Å². The summed E-state index contributed by atoms with van der Waals surface area (Å²) in [5.74, 6) is -0.0145. The Morgan fingerprint density at radius 3 is 2.76 bits per heavy atom. The predicted octanol–water partition coefficient (Wildman–Crippen LogP) is 4.02. The second-order valence-electron chi connectivity index (χ2n) is 6.00. The van der Waals surface area contributed by atoms with Crippen molar-refractivity contribution in [1.29, 1.82) is 0 Å².